The number of nitrogens with zero attached hydrogens (tertiary/aromatic N) is 4. The number of pyridine rings is 1. The standard InChI is InChI=1S/C17H16N6O2/c1-18-17(25)15(12-5-3-2-4-6-12)22-16(24)13-7-8-20-14(9-13)23-11-19-10-21-23/h2-11,15H,1H3,(H,18,25)(H,22,24)/t15-/m1/s1. The van der Waals surface area contributed by atoms with Crippen LogP contribution in [-0.2, 0) is 4.79 Å². The van der Waals surface area contributed by atoms with Gasteiger partial charge < -0.3 is 10.6 Å². The van der Waals surface area contributed by atoms with Gasteiger partial charge in [0, 0.05) is 18.8 Å². The number of amides is 2. The summed E-state index contributed by atoms with van der Waals surface area (Å²) in [7, 11) is 1.53. The largest absolute Gasteiger partial charge is 0.357 e. The van der Waals surface area contributed by atoms with Crippen molar-refractivity contribution in [2.24, 2.45) is 0 Å². The summed E-state index contributed by atoms with van der Waals surface area (Å²) in [5.41, 5.74) is 1.06. The molecular formula is C17H16N6O2. The van der Waals surface area contributed by atoms with Gasteiger partial charge in [0.2, 0.25) is 5.91 Å². The van der Waals surface area contributed by atoms with Crippen molar-refractivity contribution < 1.29 is 9.59 Å². The monoisotopic (exact) mass is 336 g/mol. The average molecular weight is 336 g/mol. The summed E-state index contributed by atoms with van der Waals surface area (Å²) in [4.78, 5) is 32.8. The van der Waals surface area contributed by atoms with Gasteiger partial charge in [-0.3, -0.25) is 9.59 Å². The lowest BCUT2D eigenvalue weighted by Crippen LogP contribution is -2.39. The van der Waals surface area contributed by atoms with Gasteiger partial charge in [-0.25, -0.2) is 14.6 Å². The van der Waals surface area contributed by atoms with E-state index >= 15 is 0 Å². The zero-order valence-corrected chi connectivity index (χ0v) is 13.5. The SMILES string of the molecule is CNC(=O)[C@H](NC(=O)c1ccnc(-n2cncn2)c1)c1ccccc1. The van der Waals surface area contributed by atoms with E-state index in [0.29, 0.717) is 16.9 Å². The summed E-state index contributed by atoms with van der Waals surface area (Å²) in [5, 5.41) is 9.30. The maximum absolute atomic E-state index is 12.6. The Kier molecular flexibility index (Phi) is 4.79. The third-order valence-electron chi connectivity index (χ3n) is 3.58. The molecule has 0 bridgehead atoms. The number of nitrogens with one attached hydrogen (secondary N) is 2. The lowest BCUT2D eigenvalue weighted by Gasteiger charge is -2.18. The lowest BCUT2D eigenvalue weighted by atomic mass is 10.1. The van der Waals surface area contributed by atoms with Gasteiger partial charge in [0.05, 0.1) is 0 Å². The fourth-order valence-electron chi connectivity index (χ4n) is 2.32. The molecule has 25 heavy (non-hydrogen) atoms. The van der Waals surface area contributed by atoms with Gasteiger partial charge in [0.25, 0.3) is 5.91 Å². The van der Waals surface area contributed by atoms with Crippen molar-refractivity contribution >= 4 is 11.8 Å². The van der Waals surface area contributed by atoms with Crippen LogP contribution >= 0.6 is 0 Å². The molecule has 3 aromatic rings. The van der Waals surface area contributed by atoms with E-state index < -0.39 is 6.04 Å². The van der Waals surface area contributed by atoms with E-state index in [2.05, 4.69) is 25.7 Å². The van der Waals surface area contributed by atoms with Gasteiger partial charge >= 0.3 is 0 Å². The number of carbonyl (C=O) groups is 2. The van der Waals surface area contributed by atoms with Crippen LogP contribution in [0.15, 0.2) is 61.3 Å². The van der Waals surface area contributed by atoms with Crippen LogP contribution in [0.1, 0.15) is 22.0 Å². The second kappa shape index (κ2) is 7.35. The average Bonchev–Trinajstić information content (AvgIpc) is 3.21. The minimum atomic E-state index is -0.790. The molecular weight excluding hydrogens is 320 g/mol. The summed E-state index contributed by atoms with van der Waals surface area (Å²) >= 11 is 0. The van der Waals surface area contributed by atoms with Crippen molar-refractivity contribution in [3.8, 4) is 5.82 Å². The van der Waals surface area contributed by atoms with Crippen molar-refractivity contribution in [3.05, 3.63) is 72.4 Å². The predicted octanol–water partition coefficient (Wildman–Crippen LogP) is 0.879. The predicted molar refractivity (Wildman–Crippen MR) is 89.9 cm³/mol. The van der Waals surface area contributed by atoms with Crippen LogP contribution in [0.2, 0.25) is 0 Å². The van der Waals surface area contributed by atoms with Gasteiger partial charge in [-0.15, -0.1) is 0 Å². The normalized spacial score (nSPS) is 11.6. The highest BCUT2D eigenvalue weighted by Gasteiger charge is 2.22. The summed E-state index contributed by atoms with van der Waals surface area (Å²) in [6, 6.07) is 11.4. The van der Waals surface area contributed by atoms with Crippen LogP contribution in [0.3, 0.4) is 0 Å². The van der Waals surface area contributed by atoms with E-state index in [0.717, 1.165) is 0 Å². The summed E-state index contributed by atoms with van der Waals surface area (Å²) in [6.07, 6.45) is 4.37. The zero-order valence-electron chi connectivity index (χ0n) is 13.5. The highest BCUT2D eigenvalue weighted by atomic mass is 16.2. The zero-order chi connectivity index (χ0) is 17.6. The van der Waals surface area contributed by atoms with Crippen LogP contribution in [0.25, 0.3) is 5.82 Å². The number of hydrogen-bond donors (Lipinski definition) is 2. The molecule has 0 spiro atoms. The molecule has 0 saturated heterocycles. The minimum absolute atomic E-state index is 0.301. The number of likely N-dealkylation sites (N-methyl/N-ethyl adjacent to an activating group) is 1. The van der Waals surface area contributed by atoms with E-state index in [4.69, 9.17) is 0 Å². The van der Waals surface area contributed by atoms with E-state index in [1.54, 1.807) is 24.3 Å². The Bertz CT molecular complexity index is 864. The Morgan fingerprint density at radius 3 is 2.64 bits per heavy atom. The Hall–Kier alpha value is -3.55. The molecule has 0 unspecified atom stereocenters. The van der Waals surface area contributed by atoms with Crippen LogP contribution in [-0.4, -0.2) is 38.6 Å². The number of benzene rings is 1. The number of aromatic nitrogens is 4. The first-order valence-electron chi connectivity index (χ1n) is 7.57. The molecule has 0 radical (unpaired) electrons. The molecule has 0 aliphatic rings. The smallest absolute Gasteiger partial charge is 0.252 e. The van der Waals surface area contributed by atoms with E-state index in [1.165, 1.54) is 30.6 Å². The molecule has 3 rings (SSSR count). The maximum atomic E-state index is 12.6. The molecule has 1 aromatic carbocycles. The quantitative estimate of drug-likeness (QED) is 0.720. The fraction of sp³-hybridized carbons (Fsp3) is 0.118. The molecule has 8 nitrogen and oxygen atoms in total. The molecule has 0 saturated carbocycles. The Labute approximate surface area is 143 Å². The summed E-state index contributed by atoms with van der Waals surface area (Å²) in [6.45, 7) is 0. The molecule has 2 heterocycles. The first-order valence-corrected chi connectivity index (χ1v) is 7.57. The molecule has 126 valence electrons. The van der Waals surface area contributed by atoms with Crippen LogP contribution in [0.5, 0.6) is 0 Å². The van der Waals surface area contributed by atoms with E-state index in [1.807, 2.05) is 18.2 Å². The third kappa shape index (κ3) is 3.69. The minimum Gasteiger partial charge on any atom is -0.357 e. The molecule has 2 amide bonds. The molecule has 8 heteroatoms. The molecule has 2 aromatic heterocycles. The van der Waals surface area contributed by atoms with Crippen molar-refractivity contribution in [2.75, 3.05) is 7.05 Å². The number of hydrogen-bond acceptors (Lipinski definition) is 5. The molecule has 0 aliphatic heterocycles. The number of rotatable bonds is 5. The van der Waals surface area contributed by atoms with E-state index in [9.17, 15) is 9.59 Å². The molecule has 2 N–H and O–H groups in total. The summed E-state index contributed by atoms with van der Waals surface area (Å²) in [5.74, 6) is -0.229. The van der Waals surface area contributed by atoms with Crippen LogP contribution < -0.4 is 10.6 Å². The van der Waals surface area contributed by atoms with Crippen LogP contribution in [0, 0.1) is 0 Å². The molecule has 0 fully saturated rings. The van der Waals surface area contributed by atoms with Crippen molar-refractivity contribution in [2.45, 2.75) is 6.04 Å². The molecule has 1 atom stereocenters. The Morgan fingerprint density at radius 2 is 1.96 bits per heavy atom. The second-order valence-corrected chi connectivity index (χ2v) is 5.17. The van der Waals surface area contributed by atoms with E-state index in [-0.39, 0.29) is 11.8 Å². The second-order valence-electron chi connectivity index (χ2n) is 5.17. The van der Waals surface area contributed by atoms with Gasteiger partial charge in [-0.05, 0) is 17.7 Å². The Morgan fingerprint density at radius 1 is 1.16 bits per heavy atom. The van der Waals surface area contributed by atoms with Crippen molar-refractivity contribution in [3.63, 3.8) is 0 Å². The molecule has 0 aliphatic carbocycles. The van der Waals surface area contributed by atoms with Crippen LogP contribution in [0.4, 0.5) is 0 Å². The Balaban J connectivity index is 1.85. The number of carbonyl (C=O) groups excluding carboxylic acids is 2. The van der Waals surface area contributed by atoms with Gasteiger partial charge in [-0.1, -0.05) is 30.3 Å². The van der Waals surface area contributed by atoms with Gasteiger partial charge in [-0.2, -0.15) is 5.10 Å². The van der Waals surface area contributed by atoms with Crippen molar-refractivity contribution in [1.29, 1.82) is 0 Å². The highest BCUT2D eigenvalue weighted by molar-refractivity contribution is 5.98. The van der Waals surface area contributed by atoms with Gasteiger partial charge in [0.15, 0.2) is 5.82 Å². The third-order valence-corrected chi connectivity index (χ3v) is 3.58. The lowest BCUT2D eigenvalue weighted by molar-refractivity contribution is -0.122. The topological polar surface area (TPSA) is 102 Å². The van der Waals surface area contributed by atoms with Crippen molar-refractivity contribution in [1.82, 2.24) is 30.4 Å². The first-order chi connectivity index (χ1) is 12.2. The fourth-order valence-corrected chi connectivity index (χ4v) is 2.32. The first kappa shape index (κ1) is 16.3. The summed E-state index contributed by atoms with van der Waals surface area (Å²) < 4.78 is 1.45. The highest BCUT2D eigenvalue weighted by Crippen LogP contribution is 2.14. The maximum Gasteiger partial charge on any atom is 0.252 e. The van der Waals surface area contributed by atoms with Gasteiger partial charge in [0.1, 0.15) is 18.7 Å².